The Balaban J connectivity index is 4.18. The van der Waals surface area contributed by atoms with Crippen LogP contribution in [0.4, 0.5) is 0 Å². The molecule has 0 radical (unpaired) electrons. The van der Waals surface area contributed by atoms with Crippen molar-refractivity contribution in [2.75, 3.05) is 40.4 Å². The summed E-state index contributed by atoms with van der Waals surface area (Å²) in [4.78, 5) is 0. The van der Waals surface area contributed by atoms with Gasteiger partial charge >= 0.3 is 0 Å². The van der Waals surface area contributed by atoms with Crippen molar-refractivity contribution in [2.24, 2.45) is 0 Å². The number of nitrogens with zero attached hydrogens (tertiary/aromatic N) is 1. The Bertz CT molecular complexity index is 267. The molecule has 0 aromatic rings. The van der Waals surface area contributed by atoms with Gasteiger partial charge < -0.3 is 10.1 Å². The second-order valence-electron chi connectivity index (χ2n) is 3.87. The average Bonchev–Trinajstić information content (AvgIpc) is 2.25. The highest BCUT2D eigenvalue weighted by atomic mass is 32.2. The Morgan fingerprint density at radius 2 is 2.06 bits per heavy atom. The van der Waals surface area contributed by atoms with E-state index in [2.05, 4.69) is 12.2 Å². The number of sulfonamides is 1. The molecule has 0 aromatic carbocycles. The standard InChI is InChI=1S/C10H24N2O3S/c1-5-6-11-9-10(2)16(13,14)12(3)7-8-15-4/h10-11H,5-9H2,1-4H3. The van der Waals surface area contributed by atoms with Crippen molar-refractivity contribution in [1.82, 2.24) is 9.62 Å². The molecule has 0 aliphatic rings. The highest BCUT2D eigenvalue weighted by molar-refractivity contribution is 7.89. The molecular formula is C10H24N2O3S. The second kappa shape index (κ2) is 8.00. The van der Waals surface area contributed by atoms with Crippen LogP contribution in [0.2, 0.25) is 0 Å². The van der Waals surface area contributed by atoms with Crippen molar-refractivity contribution in [3.05, 3.63) is 0 Å². The Morgan fingerprint density at radius 3 is 2.56 bits per heavy atom. The molecule has 16 heavy (non-hydrogen) atoms. The number of methoxy groups -OCH3 is 1. The van der Waals surface area contributed by atoms with Gasteiger partial charge in [0.2, 0.25) is 10.0 Å². The van der Waals surface area contributed by atoms with Crippen molar-refractivity contribution >= 4 is 10.0 Å². The van der Waals surface area contributed by atoms with E-state index in [4.69, 9.17) is 4.74 Å². The van der Waals surface area contributed by atoms with E-state index in [1.165, 1.54) is 4.31 Å². The fourth-order valence-electron chi connectivity index (χ4n) is 1.24. The van der Waals surface area contributed by atoms with Crippen LogP contribution in [0.3, 0.4) is 0 Å². The number of nitrogens with one attached hydrogen (secondary N) is 1. The average molecular weight is 252 g/mol. The summed E-state index contributed by atoms with van der Waals surface area (Å²) in [6.45, 7) is 5.94. The van der Waals surface area contributed by atoms with E-state index in [-0.39, 0.29) is 0 Å². The molecule has 0 spiro atoms. The molecule has 0 heterocycles. The maximum atomic E-state index is 12.0. The monoisotopic (exact) mass is 252 g/mol. The van der Waals surface area contributed by atoms with Crippen molar-refractivity contribution in [3.63, 3.8) is 0 Å². The molecule has 0 aliphatic heterocycles. The lowest BCUT2D eigenvalue weighted by Gasteiger charge is -2.21. The first-order valence-corrected chi connectivity index (χ1v) is 7.12. The summed E-state index contributed by atoms with van der Waals surface area (Å²) in [6.07, 6.45) is 1.01. The highest BCUT2D eigenvalue weighted by Crippen LogP contribution is 2.05. The van der Waals surface area contributed by atoms with E-state index in [0.29, 0.717) is 19.7 Å². The Labute approximate surface area is 99.2 Å². The quantitative estimate of drug-likeness (QED) is 0.599. The fourth-order valence-corrected chi connectivity index (χ4v) is 2.51. The summed E-state index contributed by atoms with van der Waals surface area (Å²) < 4.78 is 30.1. The van der Waals surface area contributed by atoms with Crippen LogP contribution in [0.1, 0.15) is 20.3 Å². The van der Waals surface area contributed by atoms with Gasteiger partial charge in [-0.05, 0) is 19.9 Å². The third kappa shape index (κ3) is 5.25. The second-order valence-corrected chi connectivity index (χ2v) is 6.33. The largest absolute Gasteiger partial charge is 0.383 e. The van der Waals surface area contributed by atoms with Crippen LogP contribution in [-0.4, -0.2) is 58.4 Å². The van der Waals surface area contributed by atoms with Crippen LogP contribution in [0, 0.1) is 0 Å². The van der Waals surface area contributed by atoms with Gasteiger partial charge in [-0.1, -0.05) is 6.92 Å². The van der Waals surface area contributed by atoms with Crippen molar-refractivity contribution in [2.45, 2.75) is 25.5 Å². The predicted octanol–water partition coefficient (Wildman–Crippen LogP) is 0.283. The normalized spacial score (nSPS) is 14.3. The first-order chi connectivity index (χ1) is 7.46. The predicted molar refractivity (Wildman–Crippen MR) is 66.0 cm³/mol. The molecule has 0 aromatic heterocycles. The summed E-state index contributed by atoms with van der Waals surface area (Å²) in [5, 5.41) is 2.71. The van der Waals surface area contributed by atoms with Gasteiger partial charge in [-0.15, -0.1) is 0 Å². The smallest absolute Gasteiger partial charge is 0.217 e. The lowest BCUT2D eigenvalue weighted by molar-refractivity contribution is 0.184. The molecule has 0 aliphatic carbocycles. The van der Waals surface area contributed by atoms with E-state index < -0.39 is 15.3 Å². The minimum Gasteiger partial charge on any atom is -0.383 e. The third-order valence-electron chi connectivity index (χ3n) is 2.41. The van der Waals surface area contributed by atoms with Crippen LogP contribution in [-0.2, 0) is 14.8 Å². The van der Waals surface area contributed by atoms with Gasteiger partial charge in [0, 0.05) is 27.2 Å². The number of hydrogen-bond acceptors (Lipinski definition) is 4. The molecule has 0 bridgehead atoms. The third-order valence-corrected chi connectivity index (χ3v) is 4.65. The van der Waals surface area contributed by atoms with Gasteiger partial charge in [0.25, 0.3) is 0 Å². The van der Waals surface area contributed by atoms with E-state index >= 15 is 0 Å². The van der Waals surface area contributed by atoms with Crippen LogP contribution in [0.25, 0.3) is 0 Å². The number of ether oxygens (including phenoxy) is 1. The molecule has 0 saturated heterocycles. The summed E-state index contributed by atoms with van der Waals surface area (Å²) >= 11 is 0. The van der Waals surface area contributed by atoms with Gasteiger partial charge in [0.15, 0.2) is 0 Å². The fraction of sp³-hybridized carbons (Fsp3) is 1.00. The van der Waals surface area contributed by atoms with E-state index in [9.17, 15) is 8.42 Å². The summed E-state index contributed by atoms with van der Waals surface area (Å²) in [5.74, 6) is 0. The SMILES string of the molecule is CCCNCC(C)S(=O)(=O)N(C)CCOC. The maximum absolute atomic E-state index is 12.0. The van der Waals surface area contributed by atoms with Gasteiger partial charge in [0.1, 0.15) is 0 Å². The van der Waals surface area contributed by atoms with Crippen LogP contribution >= 0.6 is 0 Å². The number of rotatable bonds is 9. The minimum atomic E-state index is -3.20. The molecule has 1 atom stereocenters. The molecule has 0 rings (SSSR count). The van der Waals surface area contributed by atoms with Crippen LogP contribution < -0.4 is 5.32 Å². The number of likely N-dealkylation sites (N-methyl/N-ethyl adjacent to an activating group) is 1. The summed E-state index contributed by atoms with van der Waals surface area (Å²) in [6, 6.07) is 0. The Hall–Kier alpha value is -0.170. The molecule has 0 saturated carbocycles. The first-order valence-electron chi connectivity index (χ1n) is 5.61. The molecule has 98 valence electrons. The molecule has 1 unspecified atom stereocenters. The van der Waals surface area contributed by atoms with Crippen LogP contribution in [0.5, 0.6) is 0 Å². The van der Waals surface area contributed by atoms with Gasteiger partial charge in [-0.3, -0.25) is 0 Å². The zero-order valence-corrected chi connectivity index (χ0v) is 11.5. The minimum absolute atomic E-state index is 0.400. The maximum Gasteiger partial charge on any atom is 0.217 e. The van der Waals surface area contributed by atoms with E-state index in [1.54, 1.807) is 21.1 Å². The van der Waals surface area contributed by atoms with Gasteiger partial charge in [-0.25, -0.2) is 12.7 Å². The van der Waals surface area contributed by atoms with Crippen molar-refractivity contribution < 1.29 is 13.2 Å². The van der Waals surface area contributed by atoms with E-state index in [1.807, 2.05) is 0 Å². The zero-order valence-electron chi connectivity index (χ0n) is 10.7. The molecular weight excluding hydrogens is 228 g/mol. The van der Waals surface area contributed by atoms with Gasteiger partial charge in [-0.2, -0.15) is 0 Å². The topological polar surface area (TPSA) is 58.6 Å². The molecule has 0 amide bonds. The lowest BCUT2D eigenvalue weighted by Crippen LogP contribution is -2.41. The zero-order chi connectivity index (χ0) is 12.6. The Morgan fingerprint density at radius 1 is 1.44 bits per heavy atom. The lowest BCUT2D eigenvalue weighted by atomic mass is 10.4. The summed E-state index contributed by atoms with van der Waals surface area (Å²) in [7, 11) is -0.0507. The molecule has 5 nitrogen and oxygen atoms in total. The van der Waals surface area contributed by atoms with Crippen molar-refractivity contribution in [3.8, 4) is 0 Å². The van der Waals surface area contributed by atoms with Gasteiger partial charge in [0.05, 0.1) is 11.9 Å². The molecule has 0 fully saturated rings. The molecule has 6 heteroatoms. The number of hydrogen-bond donors (Lipinski definition) is 1. The van der Waals surface area contributed by atoms with Crippen molar-refractivity contribution in [1.29, 1.82) is 0 Å². The van der Waals surface area contributed by atoms with Crippen LogP contribution in [0.15, 0.2) is 0 Å². The highest BCUT2D eigenvalue weighted by Gasteiger charge is 2.24. The first kappa shape index (κ1) is 15.8. The Kier molecular flexibility index (Phi) is 7.91. The molecule has 1 N–H and O–H groups in total. The summed E-state index contributed by atoms with van der Waals surface area (Å²) in [5.41, 5.74) is 0. The van der Waals surface area contributed by atoms with E-state index in [0.717, 1.165) is 13.0 Å².